The number of anilines is 2. The van der Waals surface area contributed by atoms with E-state index in [1.807, 2.05) is 6.92 Å². The highest BCUT2D eigenvalue weighted by Crippen LogP contribution is 2.32. The maximum Gasteiger partial charge on any atom is 0.271 e. The number of rotatable bonds is 4. The first-order chi connectivity index (χ1) is 12.8. The monoisotopic (exact) mass is 387 g/mol. The summed E-state index contributed by atoms with van der Waals surface area (Å²) in [4.78, 5) is 37.1. The molecule has 3 rings (SSSR count). The lowest BCUT2D eigenvalue weighted by molar-refractivity contribution is -0.384. The molecule has 0 radical (unpaired) electrons. The summed E-state index contributed by atoms with van der Waals surface area (Å²) < 4.78 is 0. The van der Waals surface area contributed by atoms with Gasteiger partial charge in [-0.05, 0) is 37.1 Å². The highest BCUT2D eigenvalue weighted by Gasteiger charge is 2.36. The van der Waals surface area contributed by atoms with Crippen LogP contribution in [-0.2, 0) is 9.59 Å². The van der Waals surface area contributed by atoms with E-state index in [-0.39, 0.29) is 30.5 Å². The zero-order chi connectivity index (χ0) is 19.7. The van der Waals surface area contributed by atoms with Gasteiger partial charge in [0.05, 0.1) is 16.5 Å². The Morgan fingerprint density at radius 3 is 2.74 bits per heavy atom. The molecule has 8 heteroatoms. The quantitative estimate of drug-likeness (QED) is 0.636. The molecular weight excluding hydrogens is 370 g/mol. The average Bonchev–Trinajstić information content (AvgIpc) is 3.01. The number of halogens is 1. The number of carbonyl (C=O) groups excluding carboxylic acids is 2. The molecule has 2 amide bonds. The summed E-state index contributed by atoms with van der Waals surface area (Å²) >= 11 is 6.13. The number of hydrogen-bond acceptors (Lipinski definition) is 4. The van der Waals surface area contributed by atoms with Gasteiger partial charge in [0.1, 0.15) is 0 Å². The Balaban J connectivity index is 1.78. The summed E-state index contributed by atoms with van der Waals surface area (Å²) in [5.41, 5.74) is 2.45. The Morgan fingerprint density at radius 2 is 2.04 bits per heavy atom. The molecule has 0 spiro atoms. The van der Waals surface area contributed by atoms with E-state index in [0.29, 0.717) is 22.0 Å². The van der Waals surface area contributed by atoms with E-state index in [1.165, 1.54) is 12.1 Å². The number of aryl methyl sites for hydroxylation is 1. The fourth-order valence-electron chi connectivity index (χ4n) is 3.10. The number of hydrogen-bond donors (Lipinski definition) is 1. The second-order valence-corrected chi connectivity index (χ2v) is 6.94. The SMILES string of the molecule is Cc1ccc([N+](=O)[O-])cc1NC(=O)[C@@H]1CC(=O)N(c2cccc(Cl)c2C)C1. The average molecular weight is 388 g/mol. The highest BCUT2D eigenvalue weighted by atomic mass is 35.5. The molecule has 1 aliphatic heterocycles. The lowest BCUT2D eigenvalue weighted by Gasteiger charge is -2.19. The third kappa shape index (κ3) is 3.78. The van der Waals surface area contributed by atoms with Crippen LogP contribution in [0.2, 0.25) is 5.02 Å². The van der Waals surface area contributed by atoms with Gasteiger partial charge in [-0.15, -0.1) is 0 Å². The number of carbonyl (C=O) groups is 2. The molecule has 1 N–H and O–H groups in total. The lowest BCUT2D eigenvalue weighted by Crippen LogP contribution is -2.28. The molecule has 0 aromatic heterocycles. The molecule has 140 valence electrons. The summed E-state index contributed by atoms with van der Waals surface area (Å²) in [6.07, 6.45) is 0.0752. The zero-order valence-electron chi connectivity index (χ0n) is 14.9. The van der Waals surface area contributed by atoms with Crippen LogP contribution in [0.4, 0.5) is 17.1 Å². The third-order valence-electron chi connectivity index (χ3n) is 4.72. The van der Waals surface area contributed by atoms with Gasteiger partial charge in [-0.1, -0.05) is 23.7 Å². The van der Waals surface area contributed by atoms with E-state index >= 15 is 0 Å². The smallest absolute Gasteiger partial charge is 0.271 e. The van der Waals surface area contributed by atoms with Crippen molar-refractivity contribution in [2.75, 3.05) is 16.8 Å². The standard InChI is InChI=1S/C19H18ClN3O4/c1-11-6-7-14(23(26)27)9-16(11)21-19(25)13-8-18(24)22(10-13)17-5-3-4-15(20)12(17)2/h3-7,9,13H,8,10H2,1-2H3,(H,21,25)/t13-/m1/s1. The van der Waals surface area contributed by atoms with Gasteiger partial charge in [-0.3, -0.25) is 19.7 Å². The molecule has 1 aliphatic rings. The molecule has 1 fully saturated rings. The summed E-state index contributed by atoms with van der Waals surface area (Å²) in [5.74, 6) is -1.04. The van der Waals surface area contributed by atoms with Crippen LogP contribution in [0.25, 0.3) is 0 Å². The van der Waals surface area contributed by atoms with Crippen molar-refractivity contribution in [2.45, 2.75) is 20.3 Å². The number of nitrogens with one attached hydrogen (secondary N) is 1. The minimum absolute atomic E-state index is 0.0752. The predicted molar refractivity (Wildman–Crippen MR) is 103 cm³/mol. The molecule has 0 saturated carbocycles. The first-order valence-electron chi connectivity index (χ1n) is 8.39. The largest absolute Gasteiger partial charge is 0.325 e. The van der Waals surface area contributed by atoms with Crippen molar-refractivity contribution in [3.63, 3.8) is 0 Å². The van der Waals surface area contributed by atoms with Crippen LogP contribution in [0.3, 0.4) is 0 Å². The number of nitro benzene ring substituents is 1. The summed E-state index contributed by atoms with van der Waals surface area (Å²) in [6, 6.07) is 9.59. The van der Waals surface area contributed by atoms with Crippen LogP contribution in [0, 0.1) is 29.9 Å². The van der Waals surface area contributed by atoms with Crippen molar-refractivity contribution in [1.29, 1.82) is 0 Å². The van der Waals surface area contributed by atoms with E-state index in [2.05, 4.69) is 5.32 Å². The van der Waals surface area contributed by atoms with Crippen LogP contribution in [0.5, 0.6) is 0 Å². The van der Waals surface area contributed by atoms with Crippen LogP contribution in [0.15, 0.2) is 36.4 Å². The number of non-ortho nitro benzene ring substituents is 1. The second-order valence-electron chi connectivity index (χ2n) is 6.53. The molecule has 0 unspecified atom stereocenters. The Kier molecular flexibility index (Phi) is 5.14. The van der Waals surface area contributed by atoms with Crippen molar-refractivity contribution in [3.05, 3.63) is 62.7 Å². The van der Waals surface area contributed by atoms with E-state index in [4.69, 9.17) is 11.6 Å². The fraction of sp³-hybridized carbons (Fsp3) is 0.263. The van der Waals surface area contributed by atoms with Crippen molar-refractivity contribution in [3.8, 4) is 0 Å². The minimum Gasteiger partial charge on any atom is -0.325 e. The molecule has 7 nitrogen and oxygen atoms in total. The Hall–Kier alpha value is -2.93. The Labute approximate surface area is 161 Å². The fourth-order valence-corrected chi connectivity index (χ4v) is 3.27. The first kappa shape index (κ1) is 18.8. The maximum absolute atomic E-state index is 12.6. The van der Waals surface area contributed by atoms with Crippen molar-refractivity contribution < 1.29 is 14.5 Å². The number of benzene rings is 2. The summed E-state index contributed by atoms with van der Waals surface area (Å²) in [5, 5.41) is 14.2. The number of amides is 2. The normalized spacial score (nSPS) is 16.5. The number of nitrogens with zero attached hydrogens (tertiary/aromatic N) is 2. The lowest BCUT2D eigenvalue weighted by atomic mass is 10.1. The van der Waals surface area contributed by atoms with Gasteiger partial charge in [0.25, 0.3) is 5.69 Å². The van der Waals surface area contributed by atoms with Crippen LogP contribution in [-0.4, -0.2) is 23.3 Å². The molecule has 0 bridgehead atoms. The molecule has 1 saturated heterocycles. The first-order valence-corrected chi connectivity index (χ1v) is 8.77. The minimum atomic E-state index is -0.547. The van der Waals surface area contributed by atoms with Crippen LogP contribution >= 0.6 is 11.6 Å². The molecule has 2 aromatic rings. The van der Waals surface area contributed by atoms with Gasteiger partial charge in [0.2, 0.25) is 11.8 Å². The molecule has 2 aromatic carbocycles. The van der Waals surface area contributed by atoms with Crippen LogP contribution < -0.4 is 10.2 Å². The second kappa shape index (κ2) is 7.36. The van der Waals surface area contributed by atoms with Crippen molar-refractivity contribution in [2.24, 2.45) is 5.92 Å². The highest BCUT2D eigenvalue weighted by molar-refractivity contribution is 6.31. The van der Waals surface area contributed by atoms with Gasteiger partial charge in [0.15, 0.2) is 0 Å². The van der Waals surface area contributed by atoms with Crippen molar-refractivity contribution in [1.82, 2.24) is 0 Å². The van der Waals surface area contributed by atoms with E-state index in [9.17, 15) is 19.7 Å². The molecule has 1 atom stereocenters. The Bertz CT molecular complexity index is 945. The zero-order valence-corrected chi connectivity index (χ0v) is 15.6. The third-order valence-corrected chi connectivity index (χ3v) is 5.13. The molecule has 27 heavy (non-hydrogen) atoms. The summed E-state index contributed by atoms with van der Waals surface area (Å²) in [6.45, 7) is 3.81. The van der Waals surface area contributed by atoms with Gasteiger partial charge >= 0.3 is 0 Å². The van der Waals surface area contributed by atoms with Gasteiger partial charge in [-0.25, -0.2) is 0 Å². The molecule has 0 aliphatic carbocycles. The van der Waals surface area contributed by atoms with Gasteiger partial charge in [-0.2, -0.15) is 0 Å². The van der Waals surface area contributed by atoms with E-state index < -0.39 is 10.8 Å². The molecular formula is C19H18ClN3O4. The van der Waals surface area contributed by atoms with E-state index in [1.54, 1.807) is 36.1 Å². The topological polar surface area (TPSA) is 92.5 Å². The Morgan fingerprint density at radius 1 is 1.30 bits per heavy atom. The van der Waals surface area contributed by atoms with Crippen LogP contribution in [0.1, 0.15) is 17.5 Å². The van der Waals surface area contributed by atoms with Gasteiger partial charge in [0, 0.05) is 35.8 Å². The van der Waals surface area contributed by atoms with Crippen molar-refractivity contribution >= 4 is 40.5 Å². The van der Waals surface area contributed by atoms with E-state index in [0.717, 1.165) is 5.56 Å². The predicted octanol–water partition coefficient (Wildman–Crippen LogP) is 3.86. The van der Waals surface area contributed by atoms with Gasteiger partial charge < -0.3 is 10.2 Å². The maximum atomic E-state index is 12.6. The molecule has 1 heterocycles. The number of nitro groups is 1. The summed E-state index contributed by atoms with van der Waals surface area (Å²) in [7, 11) is 0.